The van der Waals surface area contributed by atoms with E-state index in [0.29, 0.717) is 6.08 Å². The summed E-state index contributed by atoms with van der Waals surface area (Å²) < 4.78 is 35.9. The summed E-state index contributed by atoms with van der Waals surface area (Å²) >= 11 is 0. The second-order valence-electron chi connectivity index (χ2n) is 3.94. The molecule has 4 heteroatoms. The molecule has 0 aromatic carbocycles. The topological polar surface area (TPSA) is 17.1 Å². The largest absolute Gasteiger partial charge is 0.412 e. The molecule has 1 nitrogen and oxygen atoms in total. The first-order valence-corrected chi connectivity index (χ1v) is 3.85. The van der Waals surface area contributed by atoms with Crippen LogP contribution in [0.15, 0.2) is 11.6 Å². The lowest BCUT2D eigenvalue weighted by Crippen LogP contribution is -2.20. The molecule has 0 bridgehead atoms. The van der Waals surface area contributed by atoms with Gasteiger partial charge >= 0.3 is 6.18 Å². The highest BCUT2D eigenvalue weighted by Gasteiger charge is 2.32. The molecule has 0 aliphatic rings. The Kier molecular flexibility index (Phi) is 3.30. The Labute approximate surface area is 75.6 Å². The number of carbonyl (C=O) groups is 1. The van der Waals surface area contributed by atoms with Crippen LogP contribution in [0.5, 0.6) is 0 Å². The molecule has 0 radical (unpaired) electrons. The molecule has 0 aromatic heterocycles. The van der Waals surface area contributed by atoms with E-state index >= 15 is 0 Å². The molecule has 0 heterocycles. The van der Waals surface area contributed by atoms with Gasteiger partial charge in [-0.15, -0.1) is 0 Å². The average molecular weight is 194 g/mol. The third-order valence-electron chi connectivity index (χ3n) is 1.53. The number of hydrogen-bond donors (Lipinski definition) is 0. The second kappa shape index (κ2) is 3.52. The third-order valence-corrected chi connectivity index (χ3v) is 1.53. The van der Waals surface area contributed by atoms with Crippen LogP contribution in [-0.2, 0) is 4.79 Å². The first kappa shape index (κ1) is 12.2. The molecule has 0 atom stereocenters. The molecule has 0 saturated carbocycles. The van der Waals surface area contributed by atoms with E-state index in [4.69, 9.17) is 0 Å². The lowest BCUT2D eigenvalue weighted by Gasteiger charge is -2.14. The van der Waals surface area contributed by atoms with Gasteiger partial charge in [0.25, 0.3) is 0 Å². The zero-order valence-electron chi connectivity index (χ0n) is 8.12. The van der Waals surface area contributed by atoms with E-state index in [1.165, 1.54) is 0 Å². The summed E-state index contributed by atoms with van der Waals surface area (Å²) in [6.45, 7) is 5.63. The molecule has 0 unspecified atom stereocenters. The lowest BCUT2D eigenvalue weighted by atomic mass is 9.90. The van der Waals surface area contributed by atoms with Gasteiger partial charge in [-0.25, -0.2) is 0 Å². The maximum Gasteiger partial charge on any atom is 0.412 e. The van der Waals surface area contributed by atoms with Crippen LogP contribution in [0.3, 0.4) is 0 Å². The van der Waals surface area contributed by atoms with Crippen molar-refractivity contribution in [2.24, 2.45) is 5.41 Å². The Hall–Kier alpha value is -0.800. The van der Waals surface area contributed by atoms with Crippen molar-refractivity contribution in [1.29, 1.82) is 0 Å². The van der Waals surface area contributed by atoms with Crippen LogP contribution in [0, 0.1) is 5.41 Å². The number of allylic oxidation sites excluding steroid dienone is 2. The SMILES string of the molecule is C/C(=C\C(=O)C(C)(C)C)C(F)(F)F. The molecule has 0 aliphatic carbocycles. The van der Waals surface area contributed by atoms with Gasteiger partial charge in [-0.2, -0.15) is 13.2 Å². The third kappa shape index (κ3) is 4.10. The Bertz CT molecular complexity index is 230. The molecule has 0 amide bonds. The predicted molar refractivity (Wildman–Crippen MR) is 44.3 cm³/mol. The molecule has 0 N–H and O–H groups in total. The minimum Gasteiger partial charge on any atom is -0.294 e. The van der Waals surface area contributed by atoms with Gasteiger partial charge in [-0.3, -0.25) is 4.79 Å². The van der Waals surface area contributed by atoms with Crippen molar-refractivity contribution in [1.82, 2.24) is 0 Å². The van der Waals surface area contributed by atoms with Crippen molar-refractivity contribution in [2.75, 3.05) is 0 Å². The molecule has 0 aliphatic heterocycles. The van der Waals surface area contributed by atoms with E-state index in [2.05, 4.69) is 0 Å². The predicted octanol–water partition coefficient (Wildman–Crippen LogP) is 3.11. The minimum atomic E-state index is -4.40. The highest BCUT2D eigenvalue weighted by atomic mass is 19.4. The van der Waals surface area contributed by atoms with Crippen molar-refractivity contribution in [3.05, 3.63) is 11.6 Å². The summed E-state index contributed by atoms with van der Waals surface area (Å²) in [6.07, 6.45) is -3.75. The van der Waals surface area contributed by atoms with E-state index in [-0.39, 0.29) is 0 Å². The van der Waals surface area contributed by atoms with Crippen molar-refractivity contribution in [3.8, 4) is 0 Å². The highest BCUT2D eigenvalue weighted by Crippen LogP contribution is 2.26. The van der Waals surface area contributed by atoms with Gasteiger partial charge in [0.2, 0.25) is 0 Å². The number of ketones is 1. The van der Waals surface area contributed by atoms with Gasteiger partial charge in [0.05, 0.1) is 0 Å². The molecule has 76 valence electrons. The molecule has 0 spiro atoms. The summed E-state index contributed by atoms with van der Waals surface area (Å²) in [5.74, 6) is -0.512. The first-order chi connectivity index (χ1) is 5.55. The molecule has 0 aromatic rings. The molecule has 0 rings (SSSR count). The van der Waals surface area contributed by atoms with Gasteiger partial charge in [0.1, 0.15) is 0 Å². The van der Waals surface area contributed by atoms with Crippen LogP contribution < -0.4 is 0 Å². The maximum absolute atomic E-state index is 12.0. The van der Waals surface area contributed by atoms with Crippen molar-refractivity contribution in [3.63, 3.8) is 0 Å². The summed E-state index contributed by atoms with van der Waals surface area (Å²) in [5.41, 5.74) is -1.61. The van der Waals surface area contributed by atoms with Crippen LogP contribution in [0.4, 0.5) is 13.2 Å². The fourth-order valence-corrected chi connectivity index (χ4v) is 0.495. The number of carbonyl (C=O) groups excluding carboxylic acids is 1. The van der Waals surface area contributed by atoms with E-state index < -0.39 is 22.9 Å². The molecule has 0 saturated heterocycles. The van der Waals surface area contributed by atoms with Crippen LogP contribution >= 0.6 is 0 Å². The number of rotatable bonds is 1. The molecular weight excluding hydrogens is 181 g/mol. The van der Waals surface area contributed by atoms with Crippen LogP contribution in [0.25, 0.3) is 0 Å². The number of hydrogen-bond acceptors (Lipinski definition) is 1. The van der Waals surface area contributed by atoms with E-state index in [0.717, 1.165) is 6.92 Å². The number of halogens is 3. The van der Waals surface area contributed by atoms with Gasteiger partial charge in [0.15, 0.2) is 5.78 Å². The molecular formula is C9H13F3O. The van der Waals surface area contributed by atoms with E-state index in [1.807, 2.05) is 0 Å². The Morgan fingerprint density at radius 3 is 1.77 bits per heavy atom. The lowest BCUT2D eigenvalue weighted by molar-refractivity contribution is -0.122. The van der Waals surface area contributed by atoms with Gasteiger partial charge in [-0.1, -0.05) is 20.8 Å². The fourth-order valence-electron chi connectivity index (χ4n) is 0.495. The highest BCUT2D eigenvalue weighted by molar-refractivity contribution is 5.94. The first-order valence-electron chi connectivity index (χ1n) is 3.85. The van der Waals surface area contributed by atoms with Gasteiger partial charge < -0.3 is 0 Å². The summed E-state index contributed by atoms with van der Waals surface area (Å²) in [5, 5.41) is 0. The van der Waals surface area contributed by atoms with Crippen LogP contribution in [0.2, 0.25) is 0 Å². The summed E-state index contributed by atoms with van der Waals surface area (Å²) in [4.78, 5) is 11.1. The summed E-state index contributed by atoms with van der Waals surface area (Å²) in [7, 11) is 0. The standard InChI is InChI=1S/C9H13F3O/c1-6(9(10,11)12)5-7(13)8(2,3)4/h5H,1-4H3/b6-5+. The quantitative estimate of drug-likeness (QED) is 0.586. The van der Waals surface area contributed by atoms with Crippen molar-refractivity contribution < 1.29 is 18.0 Å². The van der Waals surface area contributed by atoms with Crippen LogP contribution in [0.1, 0.15) is 27.7 Å². The Balaban J connectivity index is 4.70. The summed E-state index contributed by atoms with van der Waals surface area (Å²) in [6, 6.07) is 0. The maximum atomic E-state index is 12.0. The minimum absolute atomic E-state index is 0.512. The fraction of sp³-hybridized carbons (Fsp3) is 0.667. The Morgan fingerprint density at radius 2 is 1.54 bits per heavy atom. The normalized spacial score (nSPS) is 14.5. The van der Waals surface area contributed by atoms with E-state index in [1.54, 1.807) is 20.8 Å². The van der Waals surface area contributed by atoms with Gasteiger partial charge in [-0.05, 0) is 13.0 Å². The van der Waals surface area contributed by atoms with Gasteiger partial charge in [0, 0.05) is 11.0 Å². The monoisotopic (exact) mass is 194 g/mol. The second-order valence-corrected chi connectivity index (χ2v) is 3.94. The zero-order chi connectivity index (χ0) is 10.9. The average Bonchev–Trinajstić information content (AvgIpc) is 1.82. The molecule has 0 fully saturated rings. The van der Waals surface area contributed by atoms with Crippen LogP contribution in [-0.4, -0.2) is 12.0 Å². The number of alkyl halides is 3. The van der Waals surface area contributed by atoms with Crippen molar-refractivity contribution >= 4 is 5.78 Å². The molecule has 13 heavy (non-hydrogen) atoms. The smallest absolute Gasteiger partial charge is 0.294 e. The Morgan fingerprint density at radius 1 is 1.15 bits per heavy atom. The zero-order valence-corrected chi connectivity index (χ0v) is 8.12. The van der Waals surface area contributed by atoms with E-state index in [9.17, 15) is 18.0 Å². The van der Waals surface area contributed by atoms with Crippen molar-refractivity contribution in [2.45, 2.75) is 33.9 Å².